The van der Waals surface area contributed by atoms with Crippen molar-refractivity contribution in [3.8, 4) is 0 Å². The van der Waals surface area contributed by atoms with E-state index in [0.29, 0.717) is 11.3 Å². The van der Waals surface area contributed by atoms with Crippen LogP contribution in [-0.4, -0.2) is 32.7 Å². The van der Waals surface area contributed by atoms with Crippen LogP contribution in [0.4, 0.5) is 10.5 Å². The molecule has 22 heavy (non-hydrogen) atoms. The Labute approximate surface area is 130 Å². The van der Waals surface area contributed by atoms with E-state index in [4.69, 9.17) is 4.74 Å². The summed E-state index contributed by atoms with van der Waals surface area (Å²) >= 11 is 0. The van der Waals surface area contributed by atoms with Crippen molar-refractivity contribution in [2.45, 2.75) is 19.9 Å². The number of urea groups is 1. The Balaban J connectivity index is 2.38. The summed E-state index contributed by atoms with van der Waals surface area (Å²) in [6.45, 7) is 4.66. The first-order valence-electron chi connectivity index (χ1n) is 7.15. The molecule has 1 heterocycles. The number of rotatable bonds is 4. The SMILES string of the molecule is CCN(C)c1ccc([C@H]2NC(=O)NC(C)=C2C(=O)OC)cc1. The molecule has 0 saturated carbocycles. The van der Waals surface area contributed by atoms with E-state index >= 15 is 0 Å². The number of hydrogen-bond acceptors (Lipinski definition) is 4. The van der Waals surface area contributed by atoms with E-state index in [1.165, 1.54) is 7.11 Å². The van der Waals surface area contributed by atoms with E-state index in [1.54, 1.807) is 6.92 Å². The van der Waals surface area contributed by atoms with Gasteiger partial charge in [0.05, 0.1) is 18.7 Å². The van der Waals surface area contributed by atoms with Crippen LogP contribution in [0.3, 0.4) is 0 Å². The number of nitrogens with zero attached hydrogens (tertiary/aromatic N) is 1. The maximum Gasteiger partial charge on any atom is 0.337 e. The third-order valence-corrected chi connectivity index (χ3v) is 3.82. The van der Waals surface area contributed by atoms with Crippen molar-refractivity contribution in [2.75, 3.05) is 25.6 Å². The molecule has 1 atom stereocenters. The molecule has 0 saturated heterocycles. The molecular weight excluding hydrogens is 282 g/mol. The van der Waals surface area contributed by atoms with Crippen LogP contribution in [0.5, 0.6) is 0 Å². The second kappa shape index (κ2) is 6.51. The van der Waals surface area contributed by atoms with Gasteiger partial charge in [-0.1, -0.05) is 12.1 Å². The van der Waals surface area contributed by atoms with Crippen LogP contribution in [0.1, 0.15) is 25.5 Å². The fraction of sp³-hybridized carbons (Fsp3) is 0.375. The summed E-state index contributed by atoms with van der Waals surface area (Å²) in [5.41, 5.74) is 2.84. The summed E-state index contributed by atoms with van der Waals surface area (Å²) in [6.07, 6.45) is 0. The molecule has 6 nitrogen and oxygen atoms in total. The Morgan fingerprint density at radius 3 is 2.50 bits per heavy atom. The van der Waals surface area contributed by atoms with Crippen molar-refractivity contribution in [3.63, 3.8) is 0 Å². The van der Waals surface area contributed by atoms with Crippen LogP contribution >= 0.6 is 0 Å². The van der Waals surface area contributed by atoms with E-state index in [0.717, 1.165) is 17.8 Å². The molecule has 118 valence electrons. The van der Waals surface area contributed by atoms with Gasteiger partial charge in [0.2, 0.25) is 0 Å². The zero-order valence-electron chi connectivity index (χ0n) is 13.3. The van der Waals surface area contributed by atoms with E-state index in [-0.39, 0.29) is 6.03 Å². The van der Waals surface area contributed by atoms with Crippen LogP contribution in [0.25, 0.3) is 0 Å². The maximum absolute atomic E-state index is 12.0. The first-order valence-corrected chi connectivity index (χ1v) is 7.15. The summed E-state index contributed by atoms with van der Waals surface area (Å²) < 4.78 is 4.83. The molecule has 0 aromatic heterocycles. The van der Waals surface area contributed by atoms with Crippen molar-refractivity contribution < 1.29 is 14.3 Å². The van der Waals surface area contributed by atoms with Gasteiger partial charge in [-0.2, -0.15) is 0 Å². The van der Waals surface area contributed by atoms with Crippen molar-refractivity contribution in [1.82, 2.24) is 10.6 Å². The quantitative estimate of drug-likeness (QED) is 0.834. The zero-order chi connectivity index (χ0) is 16.3. The van der Waals surface area contributed by atoms with Crippen LogP contribution in [0.15, 0.2) is 35.5 Å². The highest BCUT2D eigenvalue weighted by Gasteiger charge is 2.31. The van der Waals surface area contributed by atoms with Gasteiger partial charge in [0.25, 0.3) is 0 Å². The number of amides is 2. The summed E-state index contributed by atoms with van der Waals surface area (Å²) in [4.78, 5) is 25.8. The third kappa shape index (κ3) is 3.05. The molecule has 1 aliphatic rings. The van der Waals surface area contributed by atoms with Crippen LogP contribution in [0.2, 0.25) is 0 Å². The third-order valence-electron chi connectivity index (χ3n) is 3.82. The first kappa shape index (κ1) is 15.9. The van der Waals surface area contributed by atoms with Crippen LogP contribution < -0.4 is 15.5 Å². The number of esters is 1. The number of carbonyl (C=O) groups excluding carboxylic acids is 2. The minimum atomic E-state index is -0.512. The van der Waals surface area contributed by atoms with Crippen molar-refractivity contribution in [2.24, 2.45) is 0 Å². The highest BCUT2D eigenvalue weighted by molar-refractivity contribution is 5.94. The number of benzene rings is 1. The van der Waals surface area contributed by atoms with Crippen molar-refractivity contribution in [3.05, 3.63) is 41.1 Å². The van der Waals surface area contributed by atoms with Gasteiger partial charge in [-0.15, -0.1) is 0 Å². The minimum Gasteiger partial charge on any atom is -0.466 e. The molecule has 1 aromatic carbocycles. The average molecular weight is 303 g/mol. The van der Waals surface area contributed by atoms with E-state index in [1.807, 2.05) is 31.3 Å². The Morgan fingerprint density at radius 2 is 1.95 bits per heavy atom. The molecule has 1 aliphatic heterocycles. The van der Waals surface area contributed by atoms with Gasteiger partial charge in [0.15, 0.2) is 0 Å². The van der Waals surface area contributed by atoms with E-state index in [2.05, 4.69) is 22.5 Å². The Hall–Kier alpha value is -2.50. The molecule has 0 fully saturated rings. The monoisotopic (exact) mass is 303 g/mol. The van der Waals surface area contributed by atoms with Gasteiger partial charge in [0, 0.05) is 25.0 Å². The molecule has 1 aromatic rings. The molecule has 2 N–H and O–H groups in total. The number of ether oxygens (including phenoxy) is 1. The molecule has 2 rings (SSSR count). The molecule has 0 spiro atoms. The predicted molar refractivity (Wildman–Crippen MR) is 84.5 cm³/mol. The number of hydrogen-bond donors (Lipinski definition) is 2. The van der Waals surface area contributed by atoms with Gasteiger partial charge in [0.1, 0.15) is 0 Å². The van der Waals surface area contributed by atoms with Crippen molar-refractivity contribution in [1.29, 1.82) is 0 Å². The summed E-state index contributed by atoms with van der Waals surface area (Å²) in [6, 6.07) is 6.92. The largest absolute Gasteiger partial charge is 0.466 e. The zero-order valence-corrected chi connectivity index (χ0v) is 13.3. The summed E-state index contributed by atoms with van der Waals surface area (Å²) in [5, 5.41) is 5.37. The summed E-state index contributed by atoms with van der Waals surface area (Å²) in [7, 11) is 3.33. The Kier molecular flexibility index (Phi) is 4.70. The smallest absolute Gasteiger partial charge is 0.337 e. The van der Waals surface area contributed by atoms with Gasteiger partial charge in [-0.3, -0.25) is 0 Å². The first-order chi connectivity index (χ1) is 10.5. The van der Waals surface area contributed by atoms with Gasteiger partial charge < -0.3 is 20.3 Å². The molecule has 0 bridgehead atoms. The maximum atomic E-state index is 12.0. The lowest BCUT2D eigenvalue weighted by Crippen LogP contribution is -2.45. The lowest BCUT2D eigenvalue weighted by atomic mass is 9.95. The highest BCUT2D eigenvalue weighted by Crippen LogP contribution is 2.28. The van der Waals surface area contributed by atoms with Crippen LogP contribution in [0, 0.1) is 0 Å². The minimum absolute atomic E-state index is 0.329. The second-order valence-electron chi connectivity index (χ2n) is 5.17. The van der Waals surface area contributed by atoms with Crippen molar-refractivity contribution >= 4 is 17.7 Å². The molecule has 0 radical (unpaired) electrons. The number of allylic oxidation sites excluding steroid dienone is 1. The van der Waals surface area contributed by atoms with Gasteiger partial charge in [-0.05, 0) is 31.5 Å². The fourth-order valence-corrected chi connectivity index (χ4v) is 2.43. The van der Waals surface area contributed by atoms with Gasteiger partial charge in [-0.25, -0.2) is 9.59 Å². The summed E-state index contributed by atoms with van der Waals surface area (Å²) in [5.74, 6) is -0.454. The molecule has 0 unspecified atom stereocenters. The molecular formula is C16H21N3O3. The topological polar surface area (TPSA) is 70.7 Å². The Bertz CT molecular complexity index is 608. The highest BCUT2D eigenvalue weighted by atomic mass is 16.5. The molecule has 6 heteroatoms. The van der Waals surface area contributed by atoms with E-state index < -0.39 is 12.0 Å². The fourth-order valence-electron chi connectivity index (χ4n) is 2.43. The molecule has 2 amide bonds. The van der Waals surface area contributed by atoms with Crippen LogP contribution in [-0.2, 0) is 9.53 Å². The lowest BCUT2D eigenvalue weighted by molar-refractivity contribution is -0.136. The standard InChI is InChI=1S/C16H21N3O3/c1-5-19(3)12-8-6-11(7-9-12)14-13(15(20)22-4)10(2)17-16(21)18-14/h6-9,14H,5H2,1-4H3,(H2,17,18,21)/t14-/m1/s1. The lowest BCUT2D eigenvalue weighted by Gasteiger charge is -2.28. The normalized spacial score (nSPS) is 17.6. The van der Waals surface area contributed by atoms with Gasteiger partial charge >= 0.3 is 12.0 Å². The number of carbonyl (C=O) groups is 2. The predicted octanol–water partition coefficient (Wildman–Crippen LogP) is 1.94. The number of nitrogens with one attached hydrogen (secondary N) is 2. The van der Waals surface area contributed by atoms with E-state index in [9.17, 15) is 9.59 Å². The number of anilines is 1. The number of methoxy groups -OCH3 is 1. The average Bonchev–Trinajstić information content (AvgIpc) is 2.53. The molecule has 0 aliphatic carbocycles. The second-order valence-corrected chi connectivity index (χ2v) is 5.17. The Morgan fingerprint density at radius 1 is 1.32 bits per heavy atom.